The standard InChI is InChI=1S/C17H22F4N2O/c18-16(19)17(20,21)24-14-3-1-2-13(11-14)15(10-12-4-5-12)23-8-6-22-7-9-23/h1-3,11-12,15-16,22H,4-10H2/t15-/m0/s1. The average Bonchev–Trinajstić information content (AvgIpc) is 3.37. The van der Waals surface area contributed by atoms with E-state index in [1.54, 1.807) is 6.07 Å². The van der Waals surface area contributed by atoms with E-state index in [0.717, 1.165) is 38.2 Å². The molecule has 1 saturated heterocycles. The summed E-state index contributed by atoms with van der Waals surface area (Å²) in [7, 11) is 0. The monoisotopic (exact) mass is 346 g/mol. The highest BCUT2D eigenvalue weighted by molar-refractivity contribution is 5.31. The third-order valence-corrected chi connectivity index (χ3v) is 4.60. The molecule has 3 rings (SSSR count). The van der Waals surface area contributed by atoms with Crippen LogP contribution in [-0.2, 0) is 0 Å². The summed E-state index contributed by atoms with van der Waals surface area (Å²) in [4.78, 5) is 2.33. The van der Waals surface area contributed by atoms with Crippen LogP contribution >= 0.6 is 0 Å². The number of hydrogen-bond acceptors (Lipinski definition) is 3. The van der Waals surface area contributed by atoms with Crippen LogP contribution in [0.4, 0.5) is 17.6 Å². The van der Waals surface area contributed by atoms with Crippen molar-refractivity contribution < 1.29 is 22.3 Å². The Morgan fingerprint density at radius 3 is 2.54 bits per heavy atom. The number of rotatable bonds is 7. The maximum Gasteiger partial charge on any atom is 0.461 e. The Morgan fingerprint density at radius 1 is 1.21 bits per heavy atom. The summed E-state index contributed by atoms with van der Waals surface area (Å²) >= 11 is 0. The molecule has 1 N–H and O–H groups in total. The molecule has 1 aliphatic heterocycles. The topological polar surface area (TPSA) is 24.5 Å². The van der Waals surface area contributed by atoms with Gasteiger partial charge in [-0.05, 0) is 30.0 Å². The predicted molar refractivity (Wildman–Crippen MR) is 82.5 cm³/mol. The first-order valence-electron chi connectivity index (χ1n) is 8.35. The second-order valence-electron chi connectivity index (χ2n) is 6.52. The van der Waals surface area contributed by atoms with E-state index < -0.39 is 12.5 Å². The third kappa shape index (κ3) is 4.39. The molecule has 2 aliphatic rings. The van der Waals surface area contributed by atoms with E-state index in [2.05, 4.69) is 15.0 Å². The molecule has 2 fully saturated rings. The van der Waals surface area contributed by atoms with Crippen molar-refractivity contribution in [3.8, 4) is 5.75 Å². The molecule has 0 bridgehead atoms. The average molecular weight is 346 g/mol. The lowest BCUT2D eigenvalue weighted by Crippen LogP contribution is -2.45. The maximum absolute atomic E-state index is 13.1. The van der Waals surface area contributed by atoms with Gasteiger partial charge in [0.05, 0.1) is 0 Å². The fraction of sp³-hybridized carbons (Fsp3) is 0.647. The minimum Gasteiger partial charge on any atom is -0.428 e. The van der Waals surface area contributed by atoms with Crippen molar-refractivity contribution in [1.29, 1.82) is 0 Å². The van der Waals surface area contributed by atoms with Crippen LogP contribution in [0.1, 0.15) is 30.9 Å². The molecule has 0 amide bonds. The molecular weight excluding hydrogens is 324 g/mol. The summed E-state index contributed by atoms with van der Waals surface area (Å²) < 4.78 is 55.2. The number of halogens is 4. The van der Waals surface area contributed by atoms with E-state index >= 15 is 0 Å². The van der Waals surface area contributed by atoms with E-state index in [4.69, 9.17) is 0 Å². The van der Waals surface area contributed by atoms with Crippen LogP contribution in [-0.4, -0.2) is 43.6 Å². The summed E-state index contributed by atoms with van der Waals surface area (Å²) in [6, 6.07) is 6.34. The Bertz CT molecular complexity index is 545. The zero-order valence-electron chi connectivity index (χ0n) is 13.4. The first-order chi connectivity index (χ1) is 11.5. The highest BCUT2D eigenvalue weighted by atomic mass is 19.3. The molecule has 7 heteroatoms. The quantitative estimate of drug-likeness (QED) is 0.763. The van der Waals surface area contributed by atoms with E-state index in [9.17, 15) is 17.6 Å². The molecule has 1 aromatic rings. The van der Waals surface area contributed by atoms with Gasteiger partial charge in [0.15, 0.2) is 0 Å². The van der Waals surface area contributed by atoms with E-state index in [1.165, 1.54) is 25.0 Å². The van der Waals surface area contributed by atoms with Crippen molar-refractivity contribution in [3.63, 3.8) is 0 Å². The van der Waals surface area contributed by atoms with Crippen LogP contribution in [0.5, 0.6) is 5.75 Å². The van der Waals surface area contributed by atoms with Crippen LogP contribution < -0.4 is 10.1 Å². The second-order valence-corrected chi connectivity index (χ2v) is 6.52. The number of nitrogens with one attached hydrogen (secondary N) is 1. The van der Waals surface area contributed by atoms with Crippen molar-refractivity contribution in [1.82, 2.24) is 10.2 Å². The molecule has 0 unspecified atom stereocenters. The van der Waals surface area contributed by atoms with Gasteiger partial charge in [-0.15, -0.1) is 0 Å². The molecule has 1 aliphatic carbocycles. The Morgan fingerprint density at radius 2 is 1.92 bits per heavy atom. The van der Waals surface area contributed by atoms with Gasteiger partial charge < -0.3 is 10.1 Å². The molecule has 134 valence electrons. The van der Waals surface area contributed by atoms with Crippen LogP contribution in [0.15, 0.2) is 24.3 Å². The molecular formula is C17H22F4N2O. The minimum atomic E-state index is -4.47. The normalized spacial score (nSPS) is 21.0. The van der Waals surface area contributed by atoms with Gasteiger partial charge >= 0.3 is 12.5 Å². The number of alkyl halides is 4. The van der Waals surface area contributed by atoms with Crippen molar-refractivity contribution in [2.24, 2.45) is 5.92 Å². The fourth-order valence-electron chi connectivity index (χ4n) is 3.15. The van der Waals surface area contributed by atoms with Crippen molar-refractivity contribution in [3.05, 3.63) is 29.8 Å². The maximum atomic E-state index is 13.1. The molecule has 1 aromatic carbocycles. The smallest absolute Gasteiger partial charge is 0.428 e. The fourth-order valence-corrected chi connectivity index (χ4v) is 3.15. The summed E-state index contributed by atoms with van der Waals surface area (Å²) in [5.74, 6) is 0.450. The Labute approximate surface area is 139 Å². The first-order valence-corrected chi connectivity index (χ1v) is 8.35. The molecule has 0 spiro atoms. The molecule has 24 heavy (non-hydrogen) atoms. The molecule has 0 radical (unpaired) electrons. The number of benzene rings is 1. The molecule has 3 nitrogen and oxygen atoms in total. The van der Waals surface area contributed by atoms with Crippen molar-refractivity contribution in [2.45, 2.75) is 37.8 Å². The highest BCUT2D eigenvalue weighted by Gasteiger charge is 2.44. The van der Waals surface area contributed by atoms with Gasteiger partial charge in [0.25, 0.3) is 0 Å². The van der Waals surface area contributed by atoms with Crippen molar-refractivity contribution >= 4 is 0 Å². The second kappa shape index (κ2) is 7.27. The Balaban J connectivity index is 1.78. The number of ether oxygens (including phenoxy) is 1. The number of nitrogens with zero attached hydrogens (tertiary/aromatic N) is 1. The first kappa shape index (κ1) is 17.5. The molecule has 1 saturated carbocycles. The third-order valence-electron chi connectivity index (χ3n) is 4.60. The highest BCUT2D eigenvalue weighted by Crippen LogP contribution is 2.41. The SMILES string of the molecule is FC(F)C(F)(F)Oc1cccc([C@H](CC2CC2)N2CCNCC2)c1. The lowest BCUT2D eigenvalue weighted by atomic mass is 9.98. The van der Waals surface area contributed by atoms with Crippen LogP contribution in [0.2, 0.25) is 0 Å². The van der Waals surface area contributed by atoms with Crippen LogP contribution in [0.3, 0.4) is 0 Å². The van der Waals surface area contributed by atoms with Gasteiger partial charge in [-0.2, -0.15) is 17.6 Å². The number of piperazine rings is 1. The largest absolute Gasteiger partial charge is 0.461 e. The predicted octanol–water partition coefficient (Wildman–Crippen LogP) is 3.67. The van der Waals surface area contributed by atoms with Gasteiger partial charge in [-0.25, -0.2) is 0 Å². The van der Waals surface area contributed by atoms with Crippen molar-refractivity contribution in [2.75, 3.05) is 26.2 Å². The van der Waals surface area contributed by atoms with Gasteiger partial charge in [0.2, 0.25) is 0 Å². The van der Waals surface area contributed by atoms with Gasteiger partial charge in [-0.1, -0.05) is 25.0 Å². The number of hydrogen-bond donors (Lipinski definition) is 1. The molecule has 1 atom stereocenters. The summed E-state index contributed by atoms with van der Waals surface area (Å²) in [5, 5.41) is 3.30. The van der Waals surface area contributed by atoms with E-state index in [-0.39, 0.29) is 11.8 Å². The summed E-state index contributed by atoms with van der Waals surface area (Å²) in [6.07, 6.45) is -4.96. The zero-order chi connectivity index (χ0) is 17.2. The lowest BCUT2D eigenvalue weighted by molar-refractivity contribution is -0.253. The van der Waals surface area contributed by atoms with E-state index in [0.29, 0.717) is 5.92 Å². The van der Waals surface area contributed by atoms with Gasteiger partial charge in [-0.3, -0.25) is 4.90 Å². The van der Waals surface area contributed by atoms with Gasteiger partial charge in [0.1, 0.15) is 5.75 Å². The van der Waals surface area contributed by atoms with Crippen LogP contribution in [0.25, 0.3) is 0 Å². The zero-order valence-corrected chi connectivity index (χ0v) is 13.4. The lowest BCUT2D eigenvalue weighted by Gasteiger charge is -2.35. The van der Waals surface area contributed by atoms with Gasteiger partial charge in [0, 0.05) is 32.2 Å². The van der Waals surface area contributed by atoms with Crippen LogP contribution in [0, 0.1) is 5.92 Å². The van der Waals surface area contributed by atoms with E-state index in [1.807, 2.05) is 6.07 Å². The Kier molecular flexibility index (Phi) is 5.30. The summed E-state index contributed by atoms with van der Waals surface area (Å²) in [5.41, 5.74) is 0.853. The Hall–Kier alpha value is -1.34. The summed E-state index contributed by atoms with van der Waals surface area (Å²) in [6.45, 7) is 3.55. The minimum absolute atomic E-state index is 0.114. The molecule has 1 heterocycles. The molecule has 0 aromatic heterocycles.